The van der Waals surface area contributed by atoms with Gasteiger partial charge in [0.15, 0.2) is 5.16 Å². The fourth-order valence-corrected chi connectivity index (χ4v) is 4.32. The highest BCUT2D eigenvalue weighted by molar-refractivity contribution is 7.99. The quantitative estimate of drug-likeness (QED) is 0.306. The number of hydrogen-bond donors (Lipinski definition) is 2. The van der Waals surface area contributed by atoms with E-state index in [0.717, 1.165) is 23.0 Å². The number of rotatable bonds is 7. The summed E-state index contributed by atoms with van der Waals surface area (Å²) in [7, 11) is 0. The van der Waals surface area contributed by atoms with Crippen molar-refractivity contribution in [3.05, 3.63) is 88.6 Å². The van der Waals surface area contributed by atoms with Crippen LogP contribution in [0.3, 0.4) is 0 Å². The first kappa shape index (κ1) is 23.3. The van der Waals surface area contributed by atoms with Crippen molar-refractivity contribution in [3.63, 3.8) is 0 Å². The third-order valence-electron chi connectivity index (χ3n) is 5.13. The number of para-hydroxylation sites is 2. The predicted molar refractivity (Wildman–Crippen MR) is 131 cm³/mol. The van der Waals surface area contributed by atoms with Crippen molar-refractivity contribution in [2.24, 2.45) is 0 Å². The maximum Gasteiger partial charge on any atom is 0.321 e. The SMILES string of the molecule is CC(C)c1ccccc1-n1c(SCC(=O)NC(=O)NCc2ccco2)nc2ccccc2c1=O. The van der Waals surface area contributed by atoms with Crippen molar-refractivity contribution in [2.75, 3.05) is 5.75 Å². The fraction of sp³-hybridized carbons (Fsp3) is 0.200. The van der Waals surface area contributed by atoms with Crippen LogP contribution in [0.4, 0.5) is 4.79 Å². The van der Waals surface area contributed by atoms with Gasteiger partial charge in [0, 0.05) is 0 Å². The standard InChI is InChI=1S/C25H24N4O4S/c1-16(2)18-9-4-6-12-21(18)29-23(31)19-10-3-5-11-20(19)27-25(29)34-15-22(30)28-24(32)26-14-17-8-7-13-33-17/h3-13,16H,14-15H2,1-2H3,(H2,26,28,30,32). The molecule has 0 aliphatic rings. The van der Waals surface area contributed by atoms with Crippen LogP contribution in [-0.4, -0.2) is 27.2 Å². The number of nitrogens with zero attached hydrogens (tertiary/aromatic N) is 2. The highest BCUT2D eigenvalue weighted by Gasteiger charge is 2.18. The maximum absolute atomic E-state index is 13.5. The number of urea groups is 1. The highest BCUT2D eigenvalue weighted by Crippen LogP contribution is 2.27. The molecular weight excluding hydrogens is 452 g/mol. The molecule has 0 aliphatic carbocycles. The molecule has 8 nitrogen and oxygen atoms in total. The lowest BCUT2D eigenvalue weighted by molar-refractivity contribution is -0.117. The van der Waals surface area contributed by atoms with Crippen LogP contribution in [-0.2, 0) is 11.3 Å². The van der Waals surface area contributed by atoms with E-state index in [1.807, 2.05) is 30.3 Å². The third-order valence-corrected chi connectivity index (χ3v) is 6.07. The Labute approximate surface area is 200 Å². The Kier molecular flexibility index (Phi) is 7.12. The minimum absolute atomic E-state index is 0.0944. The van der Waals surface area contributed by atoms with E-state index in [1.54, 1.807) is 34.9 Å². The first-order valence-corrected chi connectivity index (χ1v) is 11.8. The van der Waals surface area contributed by atoms with Crippen LogP contribution in [0.15, 0.2) is 81.3 Å². The zero-order valence-corrected chi connectivity index (χ0v) is 19.6. The second-order valence-corrected chi connectivity index (χ2v) is 8.81. The number of furan rings is 1. The molecule has 34 heavy (non-hydrogen) atoms. The van der Waals surface area contributed by atoms with Crippen LogP contribution in [0.25, 0.3) is 16.6 Å². The predicted octanol–water partition coefficient (Wildman–Crippen LogP) is 4.22. The molecule has 2 heterocycles. The molecule has 0 bridgehead atoms. The highest BCUT2D eigenvalue weighted by atomic mass is 32.2. The summed E-state index contributed by atoms with van der Waals surface area (Å²) in [5, 5.41) is 5.72. The molecule has 4 aromatic rings. The van der Waals surface area contributed by atoms with Gasteiger partial charge < -0.3 is 9.73 Å². The van der Waals surface area contributed by atoms with E-state index in [-0.39, 0.29) is 23.8 Å². The zero-order valence-electron chi connectivity index (χ0n) is 18.8. The van der Waals surface area contributed by atoms with E-state index in [1.165, 1.54) is 6.26 Å². The number of aromatic nitrogens is 2. The van der Waals surface area contributed by atoms with Gasteiger partial charge in [-0.2, -0.15) is 0 Å². The molecule has 9 heteroatoms. The van der Waals surface area contributed by atoms with Crippen LogP contribution in [0.2, 0.25) is 0 Å². The van der Waals surface area contributed by atoms with Crippen LogP contribution in [0, 0.1) is 0 Å². The van der Waals surface area contributed by atoms with Gasteiger partial charge in [-0.3, -0.25) is 19.5 Å². The number of benzene rings is 2. The molecule has 3 amide bonds. The summed E-state index contributed by atoms with van der Waals surface area (Å²) in [6.45, 7) is 4.27. The van der Waals surface area contributed by atoms with E-state index >= 15 is 0 Å². The number of thioether (sulfide) groups is 1. The lowest BCUT2D eigenvalue weighted by Crippen LogP contribution is -2.40. The number of amides is 3. The molecule has 2 N–H and O–H groups in total. The Morgan fingerprint density at radius 3 is 2.59 bits per heavy atom. The molecule has 4 rings (SSSR count). The summed E-state index contributed by atoms with van der Waals surface area (Å²) < 4.78 is 6.70. The van der Waals surface area contributed by atoms with E-state index in [4.69, 9.17) is 4.42 Å². The second-order valence-electron chi connectivity index (χ2n) is 7.86. The lowest BCUT2D eigenvalue weighted by atomic mass is 10.0. The number of carbonyl (C=O) groups excluding carboxylic acids is 2. The summed E-state index contributed by atoms with van der Waals surface area (Å²) in [4.78, 5) is 42.6. The van der Waals surface area contributed by atoms with Crippen LogP contribution in [0.1, 0.15) is 31.1 Å². The first-order valence-electron chi connectivity index (χ1n) is 10.8. The van der Waals surface area contributed by atoms with Crippen LogP contribution < -0.4 is 16.2 Å². The van der Waals surface area contributed by atoms with Gasteiger partial charge in [0.1, 0.15) is 5.76 Å². The van der Waals surface area contributed by atoms with Gasteiger partial charge in [0.05, 0.1) is 35.2 Å². The summed E-state index contributed by atoms with van der Waals surface area (Å²) in [5.74, 6) is 0.148. The number of fused-ring (bicyclic) bond motifs is 1. The molecule has 0 fully saturated rings. The largest absolute Gasteiger partial charge is 0.467 e. The Balaban J connectivity index is 1.58. The normalized spacial score (nSPS) is 11.0. The van der Waals surface area contributed by atoms with E-state index < -0.39 is 11.9 Å². The third kappa shape index (κ3) is 5.20. The Hall–Kier alpha value is -3.85. The van der Waals surface area contributed by atoms with Crippen molar-refractivity contribution in [1.82, 2.24) is 20.2 Å². The lowest BCUT2D eigenvalue weighted by Gasteiger charge is -2.18. The Morgan fingerprint density at radius 2 is 1.82 bits per heavy atom. The topological polar surface area (TPSA) is 106 Å². The minimum atomic E-state index is -0.629. The number of nitrogens with one attached hydrogen (secondary N) is 2. The molecule has 0 atom stereocenters. The van der Waals surface area contributed by atoms with Gasteiger partial charge in [-0.05, 0) is 41.8 Å². The maximum atomic E-state index is 13.5. The van der Waals surface area contributed by atoms with Gasteiger partial charge in [-0.1, -0.05) is 55.9 Å². The Morgan fingerprint density at radius 1 is 1.06 bits per heavy atom. The van der Waals surface area contributed by atoms with Crippen LogP contribution >= 0.6 is 11.8 Å². The average Bonchev–Trinajstić information content (AvgIpc) is 3.35. The van der Waals surface area contributed by atoms with Crippen molar-refractivity contribution >= 4 is 34.6 Å². The summed E-state index contributed by atoms with van der Waals surface area (Å²) in [5.41, 5.74) is 2.05. The summed E-state index contributed by atoms with van der Waals surface area (Å²) in [6.07, 6.45) is 1.50. The fourth-order valence-electron chi connectivity index (χ4n) is 3.52. The van der Waals surface area contributed by atoms with Gasteiger partial charge in [-0.25, -0.2) is 9.78 Å². The number of imide groups is 1. The minimum Gasteiger partial charge on any atom is -0.467 e. The van der Waals surface area contributed by atoms with Crippen molar-refractivity contribution in [2.45, 2.75) is 31.5 Å². The molecule has 0 saturated heterocycles. The Bertz CT molecular complexity index is 1380. The van der Waals surface area contributed by atoms with Gasteiger partial charge in [0.2, 0.25) is 5.91 Å². The summed E-state index contributed by atoms with van der Waals surface area (Å²) >= 11 is 1.10. The molecule has 0 saturated carbocycles. The van der Waals surface area contributed by atoms with Gasteiger partial charge >= 0.3 is 6.03 Å². The van der Waals surface area contributed by atoms with Gasteiger partial charge in [-0.15, -0.1) is 0 Å². The summed E-state index contributed by atoms with van der Waals surface area (Å²) in [6, 6.07) is 17.6. The first-order chi connectivity index (χ1) is 16.4. The van der Waals surface area contributed by atoms with Crippen molar-refractivity contribution in [3.8, 4) is 5.69 Å². The van der Waals surface area contributed by atoms with E-state index in [9.17, 15) is 14.4 Å². The van der Waals surface area contributed by atoms with E-state index in [0.29, 0.717) is 21.8 Å². The molecule has 0 spiro atoms. The molecular formula is C25H24N4O4S. The smallest absolute Gasteiger partial charge is 0.321 e. The molecule has 0 radical (unpaired) electrons. The molecule has 0 unspecified atom stereocenters. The average molecular weight is 477 g/mol. The molecule has 2 aromatic carbocycles. The molecule has 0 aliphatic heterocycles. The zero-order chi connectivity index (χ0) is 24.1. The van der Waals surface area contributed by atoms with E-state index in [2.05, 4.69) is 29.5 Å². The second kappa shape index (κ2) is 10.4. The van der Waals surface area contributed by atoms with Gasteiger partial charge in [0.25, 0.3) is 5.56 Å². The number of carbonyl (C=O) groups is 2. The molecule has 2 aromatic heterocycles. The monoisotopic (exact) mass is 476 g/mol. The van der Waals surface area contributed by atoms with Crippen molar-refractivity contribution in [1.29, 1.82) is 0 Å². The molecule has 174 valence electrons. The van der Waals surface area contributed by atoms with Crippen molar-refractivity contribution < 1.29 is 14.0 Å². The number of hydrogen-bond acceptors (Lipinski definition) is 6. The van der Waals surface area contributed by atoms with Crippen LogP contribution in [0.5, 0.6) is 0 Å².